The van der Waals surface area contributed by atoms with E-state index in [1.165, 1.54) is 27.7 Å². The molecule has 1 radical (unpaired) electrons. The fourth-order valence-corrected chi connectivity index (χ4v) is 0.848. The summed E-state index contributed by atoms with van der Waals surface area (Å²) in [5.41, 5.74) is 0. The standard InChI is InChI=1S/C7H9BNO5/c1-4(10)13-6-3-12-8-9-7(6)14-5(2)11/h3,7,9H,1-2H3. The van der Waals surface area contributed by atoms with E-state index >= 15 is 0 Å². The first-order valence-electron chi connectivity index (χ1n) is 3.88. The molecule has 0 aromatic carbocycles. The molecule has 0 bridgehead atoms. The highest BCUT2D eigenvalue weighted by Crippen LogP contribution is 2.10. The third-order valence-corrected chi connectivity index (χ3v) is 1.28. The van der Waals surface area contributed by atoms with Crippen LogP contribution in [0.4, 0.5) is 0 Å². The molecule has 1 N–H and O–H groups in total. The van der Waals surface area contributed by atoms with Gasteiger partial charge in [-0.2, -0.15) is 0 Å². The molecule has 1 aliphatic heterocycles. The summed E-state index contributed by atoms with van der Waals surface area (Å²) in [5, 5.41) is 2.57. The number of rotatable bonds is 2. The van der Waals surface area contributed by atoms with E-state index in [1.54, 1.807) is 0 Å². The maximum atomic E-state index is 10.7. The molecule has 1 rings (SSSR count). The molecule has 1 heterocycles. The van der Waals surface area contributed by atoms with Crippen LogP contribution < -0.4 is 5.23 Å². The number of hydrogen-bond donors (Lipinski definition) is 1. The van der Waals surface area contributed by atoms with E-state index in [4.69, 9.17) is 14.1 Å². The minimum absolute atomic E-state index is 0.107. The molecule has 7 heteroatoms. The number of hydrogen-bond acceptors (Lipinski definition) is 6. The summed E-state index contributed by atoms with van der Waals surface area (Å²) in [5.74, 6) is -0.897. The van der Waals surface area contributed by atoms with Crippen molar-refractivity contribution < 1.29 is 23.7 Å². The van der Waals surface area contributed by atoms with Gasteiger partial charge in [-0.15, -0.1) is 0 Å². The van der Waals surface area contributed by atoms with E-state index in [2.05, 4.69) is 5.23 Å². The maximum absolute atomic E-state index is 10.7. The second-order valence-corrected chi connectivity index (χ2v) is 2.52. The van der Waals surface area contributed by atoms with E-state index in [0.717, 1.165) is 0 Å². The largest absolute Gasteiger partial charge is 0.551 e. The lowest BCUT2D eigenvalue weighted by molar-refractivity contribution is -0.151. The van der Waals surface area contributed by atoms with Crippen molar-refractivity contribution >= 4 is 19.6 Å². The highest BCUT2D eigenvalue weighted by atomic mass is 16.6. The topological polar surface area (TPSA) is 73.9 Å². The van der Waals surface area contributed by atoms with Gasteiger partial charge in [0.25, 0.3) is 0 Å². The molecule has 0 aliphatic carbocycles. The van der Waals surface area contributed by atoms with Gasteiger partial charge >= 0.3 is 19.6 Å². The first kappa shape index (κ1) is 10.6. The second kappa shape index (κ2) is 4.66. The zero-order valence-electron chi connectivity index (χ0n) is 7.77. The van der Waals surface area contributed by atoms with Gasteiger partial charge in [0.05, 0.1) is 0 Å². The second-order valence-electron chi connectivity index (χ2n) is 2.52. The van der Waals surface area contributed by atoms with E-state index in [1.807, 2.05) is 0 Å². The van der Waals surface area contributed by atoms with Gasteiger partial charge in [-0.1, -0.05) is 0 Å². The monoisotopic (exact) mass is 198 g/mol. The lowest BCUT2D eigenvalue weighted by Crippen LogP contribution is -2.42. The molecular weight excluding hydrogens is 189 g/mol. The van der Waals surface area contributed by atoms with Crippen LogP contribution in [0.15, 0.2) is 12.0 Å². The molecule has 0 saturated carbocycles. The minimum Gasteiger partial charge on any atom is -0.551 e. The van der Waals surface area contributed by atoms with Crippen molar-refractivity contribution in [3.05, 3.63) is 12.0 Å². The zero-order valence-corrected chi connectivity index (χ0v) is 7.77. The summed E-state index contributed by atoms with van der Waals surface area (Å²) in [6.45, 7) is 2.49. The predicted molar refractivity (Wildman–Crippen MR) is 45.4 cm³/mol. The van der Waals surface area contributed by atoms with Gasteiger partial charge < -0.3 is 14.1 Å². The fraction of sp³-hybridized carbons (Fsp3) is 0.429. The van der Waals surface area contributed by atoms with Crippen molar-refractivity contribution in [2.45, 2.75) is 20.1 Å². The van der Waals surface area contributed by atoms with Crippen molar-refractivity contribution in [2.24, 2.45) is 0 Å². The van der Waals surface area contributed by atoms with Crippen molar-refractivity contribution in [3.63, 3.8) is 0 Å². The van der Waals surface area contributed by atoms with Crippen molar-refractivity contribution in [1.29, 1.82) is 0 Å². The van der Waals surface area contributed by atoms with Crippen LogP contribution in [0.1, 0.15) is 13.8 Å². The molecule has 75 valence electrons. The Bertz CT molecular complexity index is 277. The lowest BCUT2D eigenvalue weighted by atomic mass is 10.2. The molecule has 1 aliphatic rings. The lowest BCUT2D eigenvalue weighted by Gasteiger charge is -2.22. The Kier molecular flexibility index (Phi) is 3.52. The van der Waals surface area contributed by atoms with Crippen molar-refractivity contribution in [3.8, 4) is 0 Å². The van der Waals surface area contributed by atoms with Crippen LogP contribution in [-0.2, 0) is 23.7 Å². The average Bonchev–Trinajstić information content (AvgIpc) is 2.06. The van der Waals surface area contributed by atoms with Crippen LogP contribution in [0.25, 0.3) is 0 Å². The molecule has 6 nitrogen and oxygen atoms in total. The third-order valence-electron chi connectivity index (χ3n) is 1.28. The summed E-state index contributed by atoms with van der Waals surface area (Å²) in [6, 6.07) is 0. The van der Waals surface area contributed by atoms with E-state index in [0.29, 0.717) is 0 Å². The summed E-state index contributed by atoms with van der Waals surface area (Å²) in [7, 11) is 1.22. The Balaban J connectivity index is 2.62. The Hall–Kier alpha value is -1.50. The van der Waals surface area contributed by atoms with Gasteiger partial charge in [-0.05, 0) is 0 Å². The summed E-state index contributed by atoms with van der Waals surface area (Å²) in [6.07, 6.45) is 0.371. The van der Waals surface area contributed by atoms with Crippen LogP contribution in [-0.4, -0.2) is 25.8 Å². The zero-order chi connectivity index (χ0) is 10.6. The van der Waals surface area contributed by atoms with Crippen LogP contribution in [0.5, 0.6) is 0 Å². The SMILES string of the molecule is CC(=O)OC1=CO[B]NC1OC(C)=O. The molecule has 0 saturated heterocycles. The minimum atomic E-state index is -0.815. The highest BCUT2D eigenvalue weighted by molar-refractivity contribution is 6.24. The molecule has 14 heavy (non-hydrogen) atoms. The molecule has 0 aromatic heterocycles. The van der Waals surface area contributed by atoms with Gasteiger partial charge in [0, 0.05) is 13.8 Å². The van der Waals surface area contributed by atoms with Gasteiger partial charge in [0.15, 0.2) is 5.76 Å². The van der Waals surface area contributed by atoms with Crippen LogP contribution in [0.3, 0.4) is 0 Å². The molecule has 0 amide bonds. The summed E-state index contributed by atoms with van der Waals surface area (Å²) < 4.78 is 14.3. The van der Waals surface area contributed by atoms with Gasteiger partial charge in [0.1, 0.15) is 6.26 Å². The smallest absolute Gasteiger partial charge is 0.480 e. The number of carbonyl (C=O) groups is 2. The Morgan fingerprint density at radius 3 is 2.79 bits per heavy atom. The quantitative estimate of drug-likeness (QED) is 0.473. The maximum Gasteiger partial charge on any atom is 0.480 e. The summed E-state index contributed by atoms with van der Waals surface area (Å²) >= 11 is 0. The first-order chi connectivity index (χ1) is 6.59. The molecule has 0 spiro atoms. The van der Waals surface area contributed by atoms with Crippen molar-refractivity contribution in [1.82, 2.24) is 5.23 Å². The summed E-state index contributed by atoms with van der Waals surface area (Å²) in [4.78, 5) is 21.3. The normalized spacial score (nSPS) is 19.9. The highest BCUT2D eigenvalue weighted by Gasteiger charge is 2.24. The van der Waals surface area contributed by atoms with E-state index < -0.39 is 18.2 Å². The van der Waals surface area contributed by atoms with Gasteiger partial charge in [0.2, 0.25) is 6.23 Å². The Morgan fingerprint density at radius 1 is 1.50 bits per heavy atom. The average molecular weight is 198 g/mol. The number of ether oxygens (including phenoxy) is 2. The van der Waals surface area contributed by atoms with Gasteiger partial charge in [-0.3, -0.25) is 14.8 Å². The first-order valence-corrected chi connectivity index (χ1v) is 3.88. The fourth-order valence-electron chi connectivity index (χ4n) is 0.848. The number of nitrogens with one attached hydrogen (secondary N) is 1. The third kappa shape index (κ3) is 3.10. The molecule has 0 aromatic rings. The molecular formula is C7H9BNO5. The Labute approximate surface area is 81.5 Å². The Morgan fingerprint density at radius 2 is 2.21 bits per heavy atom. The van der Waals surface area contributed by atoms with E-state index in [-0.39, 0.29) is 5.76 Å². The molecule has 1 atom stereocenters. The van der Waals surface area contributed by atoms with Crippen LogP contribution in [0.2, 0.25) is 0 Å². The number of esters is 2. The molecule has 0 fully saturated rings. The molecule has 1 unspecified atom stereocenters. The predicted octanol–water partition coefficient (Wildman–Crippen LogP) is -0.566. The number of carbonyl (C=O) groups excluding carboxylic acids is 2. The van der Waals surface area contributed by atoms with Crippen LogP contribution >= 0.6 is 0 Å². The van der Waals surface area contributed by atoms with Crippen molar-refractivity contribution in [2.75, 3.05) is 0 Å². The van der Waals surface area contributed by atoms with Gasteiger partial charge in [-0.25, -0.2) is 0 Å². The van der Waals surface area contributed by atoms with Crippen LogP contribution in [0, 0.1) is 0 Å². The van der Waals surface area contributed by atoms with E-state index in [9.17, 15) is 9.59 Å².